The Bertz CT molecular complexity index is 615. The number of ether oxygens (including phenoxy) is 1. The predicted octanol–water partition coefficient (Wildman–Crippen LogP) is 4.66. The molecule has 0 saturated heterocycles. The van der Waals surface area contributed by atoms with Crippen LogP contribution in [0.15, 0.2) is 40.9 Å². The molecule has 4 heteroatoms. The maximum atomic E-state index is 6.31. The zero-order valence-corrected chi connectivity index (χ0v) is 13.8. The summed E-state index contributed by atoms with van der Waals surface area (Å²) in [6.07, 6.45) is 0.769. The van der Waals surface area contributed by atoms with Gasteiger partial charge in [-0.3, -0.25) is 0 Å². The van der Waals surface area contributed by atoms with Gasteiger partial charge in [0, 0.05) is 11.1 Å². The Morgan fingerprint density at radius 2 is 2.00 bits per heavy atom. The Labute approximate surface area is 133 Å². The van der Waals surface area contributed by atoms with Crippen LogP contribution in [0.4, 0.5) is 0 Å². The largest absolute Gasteiger partial charge is 0.496 e. The van der Waals surface area contributed by atoms with Crippen LogP contribution in [0.25, 0.3) is 0 Å². The van der Waals surface area contributed by atoms with Crippen molar-refractivity contribution in [3.8, 4) is 5.75 Å². The molecule has 1 atom stereocenters. The van der Waals surface area contributed by atoms with Gasteiger partial charge in [-0.1, -0.05) is 23.7 Å². The van der Waals surface area contributed by atoms with Crippen LogP contribution >= 0.6 is 27.5 Å². The molecular formula is C16H17BrClNO. The second-order valence-electron chi connectivity index (χ2n) is 4.78. The van der Waals surface area contributed by atoms with Crippen molar-refractivity contribution in [1.29, 1.82) is 0 Å². The maximum absolute atomic E-state index is 6.31. The lowest BCUT2D eigenvalue weighted by atomic mass is 9.96. The molecule has 0 aliphatic rings. The first kappa shape index (κ1) is 15.4. The number of nitrogens with two attached hydrogens (primary N) is 1. The van der Waals surface area contributed by atoms with Crippen molar-refractivity contribution in [3.05, 3.63) is 62.6 Å². The van der Waals surface area contributed by atoms with Crippen molar-refractivity contribution in [3.63, 3.8) is 0 Å². The van der Waals surface area contributed by atoms with Crippen molar-refractivity contribution in [1.82, 2.24) is 0 Å². The molecule has 2 nitrogen and oxygen atoms in total. The zero-order valence-electron chi connectivity index (χ0n) is 11.5. The average Bonchev–Trinajstić information content (AvgIpc) is 2.38. The highest BCUT2D eigenvalue weighted by atomic mass is 79.9. The lowest BCUT2D eigenvalue weighted by Crippen LogP contribution is -2.14. The molecule has 0 bridgehead atoms. The lowest BCUT2D eigenvalue weighted by molar-refractivity contribution is 0.412. The summed E-state index contributed by atoms with van der Waals surface area (Å²) in [5.41, 5.74) is 9.72. The van der Waals surface area contributed by atoms with Gasteiger partial charge in [0.2, 0.25) is 0 Å². The minimum Gasteiger partial charge on any atom is -0.496 e. The molecule has 0 radical (unpaired) electrons. The van der Waals surface area contributed by atoms with Gasteiger partial charge in [-0.05, 0) is 70.2 Å². The van der Waals surface area contributed by atoms with Gasteiger partial charge in [0.05, 0.1) is 11.6 Å². The van der Waals surface area contributed by atoms with E-state index in [2.05, 4.69) is 15.9 Å². The van der Waals surface area contributed by atoms with E-state index in [4.69, 9.17) is 22.1 Å². The van der Waals surface area contributed by atoms with E-state index >= 15 is 0 Å². The van der Waals surface area contributed by atoms with Crippen LogP contribution in [-0.2, 0) is 6.42 Å². The molecule has 20 heavy (non-hydrogen) atoms. The Kier molecular flexibility index (Phi) is 5.08. The third kappa shape index (κ3) is 3.54. The Hall–Kier alpha value is -1.03. The molecule has 2 N–H and O–H groups in total. The first-order valence-corrected chi connectivity index (χ1v) is 7.52. The fraction of sp³-hybridized carbons (Fsp3) is 0.250. The quantitative estimate of drug-likeness (QED) is 0.866. The number of hydrogen-bond donors (Lipinski definition) is 1. The molecule has 2 rings (SSSR count). The van der Waals surface area contributed by atoms with Crippen LogP contribution < -0.4 is 10.5 Å². The minimum atomic E-state index is -0.0486. The van der Waals surface area contributed by atoms with Crippen molar-refractivity contribution in [2.45, 2.75) is 19.4 Å². The normalized spacial score (nSPS) is 12.2. The Morgan fingerprint density at radius 3 is 2.60 bits per heavy atom. The zero-order chi connectivity index (χ0) is 14.7. The summed E-state index contributed by atoms with van der Waals surface area (Å²) in [5.74, 6) is 0.824. The van der Waals surface area contributed by atoms with Crippen LogP contribution in [0.5, 0.6) is 5.75 Å². The molecule has 0 aliphatic heterocycles. The van der Waals surface area contributed by atoms with E-state index in [0.717, 1.165) is 32.8 Å². The second-order valence-corrected chi connectivity index (χ2v) is 6.07. The summed E-state index contributed by atoms with van der Waals surface area (Å²) in [6, 6.07) is 11.8. The second kappa shape index (κ2) is 6.61. The van der Waals surface area contributed by atoms with E-state index in [9.17, 15) is 0 Å². The van der Waals surface area contributed by atoms with E-state index in [1.807, 2.05) is 43.3 Å². The Balaban J connectivity index is 2.18. The monoisotopic (exact) mass is 353 g/mol. The molecular weight excluding hydrogens is 338 g/mol. The first-order chi connectivity index (χ1) is 9.51. The summed E-state index contributed by atoms with van der Waals surface area (Å²) in [5, 5.41) is 0.741. The highest BCUT2D eigenvalue weighted by Gasteiger charge is 2.11. The van der Waals surface area contributed by atoms with Crippen molar-refractivity contribution >= 4 is 27.5 Å². The van der Waals surface area contributed by atoms with Gasteiger partial charge < -0.3 is 10.5 Å². The van der Waals surface area contributed by atoms with E-state index in [1.54, 1.807) is 7.11 Å². The summed E-state index contributed by atoms with van der Waals surface area (Å²) in [7, 11) is 1.66. The number of benzene rings is 2. The van der Waals surface area contributed by atoms with E-state index in [1.165, 1.54) is 5.56 Å². The molecule has 0 saturated carbocycles. The van der Waals surface area contributed by atoms with Crippen LogP contribution in [0.3, 0.4) is 0 Å². The van der Waals surface area contributed by atoms with E-state index in [-0.39, 0.29) is 6.04 Å². The van der Waals surface area contributed by atoms with Crippen molar-refractivity contribution in [2.75, 3.05) is 7.11 Å². The molecule has 0 aromatic heterocycles. The highest BCUT2D eigenvalue weighted by Crippen LogP contribution is 2.28. The van der Waals surface area contributed by atoms with Gasteiger partial charge in [-0.25, -0.2) is 0 Å². The Morgan fingerprint density at radius 1 is 1.25 bits per heavy atom. The number of aryl methyl sites for hydroxylation is 1. The third-order valence-electron chi connectivity index (χ3n) is 3.30. The summed E-state index contributed by atoms with van der Waals surface area (Å²) < 4.78 is 6.17. The molecule has 0 aliphatic carbocycles. The standard InChI is InChI=1S/C16H17BrClNO/c1-10-7-12(18)4-5-13(10)15(19)9-11-3-6-16(20-2)14(17)8-11/h3-8,15H,9,19H2,1-2H3. The maximum Gasteiger partial charge on any atom is 0.133 e. The molecule has 1 unspecified atom stereocenters. The minimum absolute atomic E-state index is 0.0486. The number of methoxy groups -OCH3 is 1. The molecule has 2 aromatic carbocycles. The van der Waals surface area contributed by atoms with Gasteiger partial charge in [0.1, 0.15) is 5.75 Å². The fourth-order valence-electron chi connectivity index (χ4n) is 2.26. The molecule has 0 heterocycles. The smallest absolute Gasteiger partial charge is 0.133 e. The molecule has 0 spiro atoms. The number of halogens is 2. The summed E-state index contributed by atoms with van der Waals surface area (Å²) >= 11 is 9.47. The van der Waals surface area contributed by atoms with Gasteiger partial charge >= 0.3 is 0 Å². The van der Waals surface area contributed by atoms with Crippen LogP contribution in [0.2, 0.25) is 5.02 Å². The van der Waals surface area contributed by atoms with Gasteiger partial charge in [0.25, 0.3) is 0 Å². The van der Waals surface area contributed by atoms with Crippen LogP contribution in [0.1, 0.15) is 22.7 Å². The predicted molar refractivity (Wildman–Crippen MR) is 87.5 cm³/mol. The van der Waals surface area contributed by atoms with E-state index in [0.29, 0.717) is 0 Å². The lowest BCUT2D eigenvalue weighted by Gasteiger charge is -2.16. The van der Waals surface area contributed by atoms with E-state index < -0.39 is 0 Å². The van der Waals surface area contributed by atoms with Crippen LogP contribution in [-0.4, -0.2) is 7.11 Å². The van der Waals surface area contributed by atoms with Crippen molar-refractivity contribution in [2.24, 2.45) is 5.73 Å². The average molecular weight is 355 g/mol. The fourth-order valence-corrected chi connectivity index (χ4v) is 3.07. The number of rotatable bonds is 4. The third-order valence-corrected chi connectivity index (χ3v) is 4.16. The van der Waals surface area contributed by atoms with Gasteiger partial charge in [-0.2, -0.15) is 0 Å². The number of hydrogen-bond acceptors (Lipinski definition) is 2. The first-order valence-electron chi connectivity index (χ1n) is 6.35. The van der Waals surface area contributed by atoms with Crippen molar-refractivity contribution < 1.29 is 4.74 Å². The molecule has 0 amide bonds. The topological polar surface area (TPSA) is 35.2 Å². The highest BCUT2D eigenvalue weighted by molar-refractivity contribution is 9.10. The molecule has 0 fully saturated rings. The molecule has 106 valence electrons. The summed E-state index contributed by atoms with van der Waals surface area (Å²) in [6.45, 7) is 2.03. The van der Waals surface area contributed by atoms with Gasteiger partial charge in [0.15, 0.2) is 0 Å². The SMILES string of the molecule is COc1ccc(CC(N)c2ccc(Cl)cc2C)cc1Br. The summed E-state index contributed by atoms with van der Waals surface area (Å²) in [4.78, 5) is 0. The van der Waals surface area contributed by atoms with Gasteiger partial charge in [-0.15, -0.1) is 0 Å². The molecule has 2 aromatic rings. The van der Waals surface area contributed by atoms with Crippen LogP contribution in [0, 0.1) is 6.92 Å².